The summed E-state index contributed by atoms with van der Waals surface area (Å²) < 4.78 is 1.97. The van der Waals surface area contributed by atoms with Crippen LogP contribution in [-0.2, 0) is 20.0 Å². The third kappa shape index (κ3) is 3.34. The molecule has 0 fully saturated rings. The van der Waals surface area contributed by atoms with E-state index in [0.717, 1.165) is 29.6 Å². The van der Waals surface area contributed by atoms with E-state index in [0.29, 0.717) is 6.54 Å². The molecule has 5 heteroatoms. The molecule has 0 amide bonds. The first-order chi connectivity index (χ1) is 8.81. The molecule has 2 rings (SSSR count). The molecule has 0 atom stereocenters. The highest BCUT2D eigenvalue weighted by atomic mass is 32.2. The molecule has 0 radical (unpaired) electrons. The molecule has 1 aromatic carbocycles. The summed E-state index contributed by atoms with van der Waals surface area (Å²) in [6, 6.07) is 10.5. The van der Waals surface area contributed by atoms with Crippen LogP contribution in [0.25, 0.3) is 0 Å². The Kier molecular flexibility index (Phi) is 4.78. The van der Waals surface area contributed by atoms with E-state index in [1.54, 1.807) is 11.8 Å². The van der Waals surface area contributed by atoms with Crippen LogP contribution in [0.4, 0.5) is 0 Å². The Bertz CT molecular complexity index is 481. The van der Waals surface area contributed by atoms with Gasteiger partial charge in [0, 0.05) is 12.8 Å². The van der Waals surface area contributed by atoms with Crippen molar-refractivity contribution in [2.75, 3.05) is 5.75 Å². The summed E-state index contributed by atoms with van der Waals surface area (Å²) in [5, 5.41) is 9.11. The molecule has 0 aliphatic rings. The molecule has 1 aromatic heterocycles. The molecular weight excluding hydrogens is 244 g/mol. The Hall–Kier alpha value is -1.33. The lowest BCUT2D eigenvalue weighted by Gasteiger charge is -2.02. The van der Waals surface area contributed by atoms with Gasteiger partial charge in [-0.2, -0.15) is 0 Å². The van der Waals surface area contributed by atoms with E-state index in [9.17, 15) is 0 Å². The number of thioether (sulfide) groups is 1. The zero-order valence-corrected chi connectivity index (χ0v) is 11.4. The van der Waals surface area contributed by atoms with E-state index in [1.807, 2.05) is 17.7 Å². The summed E-state index contributed by atoms with van der Waals surface area (Å²) >= 11 is 1.74. The van der Waals surface area contributed by atoms with Gasteiger partial charge in [0.1, 0.15) is 5.82 Å². The Balaban J connectivity index is 1.77. The van der Waals surface area contributed by atoms with Gasteiger partial charge in [0.05, 0.1) is 6.54 Å². The first-order valence-electron chi connectivity index (χ1n) is 6.06. The molecule has 0 saturated heterocycles. The molecule has 0 spiro atoms. The van der Waals surface area contributed by atoms with Gasteiger partial charge in [-0.3, -0.25) is 0 Å². The van der Waals surface area contributed by atoms with E-state index in [1.165, 1.54) is 5.56 Å². The topological polar surface area (TPSA) is 56.7 Å². The second-order valence-corrected chi connectivity index (χ2v) is 5.16. The monoisotopic (exact) mass is 262 g/mol. The number of aromatic nitrogens is 3. The minimum Gasteiger partial charge on any atom is -0.324 e. The predicted molar refractivity (Wildman–Crippen MR) is 74.4 cm³/mol. The number of rotatable bonds is 6. The maximum absolute atomic E-state index is 5.56. The van der Waals surface area contributed by atoms with E-state index >= 15 is 0 Å². The van der Waals surface area contributed by atoms with E-state index in [4.69, 9.17) is 5.73 Å². The lowest BCUT2D eigenvalue weighted by Crippen LogP contribution is -2.05. The van der Waals surface area contributed by atoms with Crippen molar-refractivity contribution in [3.05, 3.63) is 41.7 Å². The van der Waals surface area contributed by atoms with Gasteiger partial charge in [-0.1, -0.05) is 42.1 Å². The number of benzene rings is 1. The van der Waals surface area contributed by atoms with Gasteiger partial charge in [0.2, 0.25) is 0 Å². The molecule has 0 saturated carbocycles. The molecule has 96 valence electrons. The number of hydrogen-bond donors (Lipinski definition) is 1. The second-order valence-electron chi connectivity index (χ2n) is 4.10. The summed E-state index contributed by atoms with van der Waals surface area (Å²) in [7, 11) is 1.96. The number of nitrogens with two attached hydrogens (primary N) is 1. The zero-order valence-electron chi connectivity index (χ0n) is 10.5. The van der Waals surface area contributed by atoms with Crippen LogP contribution in [0.3, 0.4) is 0 Å². The predicted octanol–water partition coefficient (Wildman–Crippen LogP) is 2.00. The van der Waals surface area contributed by atoms with Crippen molar-refractivity contribution < 1.29 is 0 Å². The summed E-state index contributed by atoms with van der Waals surface area (Å²) in [5.41, 5.74) is 6.95. The highest BCUT2D eigenvalue weighted by Gasteiger charge is 2.06. The molecule has 0 unspecified atom stereocenters. The van der Waals surface area contributed by atoms with Crippen LogP contribution in [0, 0.1) is 0 Å². The van der Waals surface area contributed by atoms with Crippen molar-refractivity contribution >= 4 is 11.8 Å². The fourth-order valence-corrected chi connectivity index (χ4v) is 2.60. The van der Waals surface area contributed by atoms with Crippen molar-refractivity contribution in [3.63, 3.8) is 0 Å². The van der Waals surface area contributed by atoms with Crippen molar-refractivity contribution in [2.45, 2.75) is 24.5 Å². The molecule has 0 aliphatic heterocycles. The Labute approximate surface area is 112 Å². The average molecular weight is 262 g/mol. The van der Waals surface area contributed by atoms with Gasteiger partial charge in [-0.25, -0.2) is 0 Å². The maximum Gasteiger partial charge on any atom is 0.190 e. The van der Waals surface area contributed by atoms with Gasteiger partial charge < -0.3 is 10.3 Å². The summed E-state index contributed by atoms with van der Waals surface area (Å²) in [6.07, 6.45) is 2.24. The fourth-order valence-electron chi connectivity index (χ4n) is 1.73. The molecule has 2 N–H and O–H groups in total. The highest BCUT2D eigenvalue weighted by Crippen LogP contribution is 2.17. The number of nitrogens with zero attached hydrogens (tertiary/aromatic N) is 3. The van der Waals surface area contributed by atoms with Crippen molar-refractivity contribution in [3.8, 4) is 0 Å². The molecule has 0 bridgehead atoms. The molecular formula is C13H18N4S. The first-order valence-corrected chi connectivity index (χ1v) is 7.05. The normalized spacial score (nSPS) is 10.8. The minimum absolute atomic E-state index is 0.439. The van der Waals surface area contributed by atoms with Crippen molar-refractivity contribution in [1.82, 2.24) is 14.8 Å². The number of hydrogen-bond acceptors (Lipinski definition) is 4. The Morgan fingerprint density at radius 1 is 1.22 bits per heavy atom. The van der Waals surface area contributed by atoms with Crippen LogP contribution in [0.1, 0.15) is 17.8 Å². The molecule has 1 heterocycles. The second kappa shape index (κ2) is 6.56. The summed E-state index contributed by atoms with van der Waals surface area (Å²) in [5.74, 6) is 1.88. The Morgan fingerprint density at radius 3 is 2.67 bits per heavy atom. The van der Waals surface area contributed by atoms with Gasteiger partial charge in [-0.05, 0) is 18.4 Å². The van der Waals surface area contributed by atoms with Crippen LogP contribution < -0.4 is 5.73 Å². The molecule has 2 aromatic rings. The summed E-state index contributed by atoms with van der Waals surface area (Å²) in [6.45, 7) is 0.439. The van der Waals surface area contributed by atoms with Crippen LogP contribution in [-0.4, -0.2) is 20.5 Å². The number of aryl methyl sites for hydroxylation is 1. The minimum atomic E-state index is 0.439. The van der Waals surface area contributed by atoms with Gasteiger partial charge in [-0.15, -0.1) is 10.2 Å². The van der Waals surface area contributed by atoms with Crippen LogP contribution in [0.5, 0.6) is 0 Å². The third-order valence-corrected chi connectivity index (χ3v) is 3.90. The standard InChI is InChI=1S/C13H18N4S/c1-17-12(10-14)15-16-13(17)18-9-5-8-11-6-3-2-4-7-11/h2-4,6-7H,5,8-10,14H2,1H3. The van der Waals surface area contributed by atoms with Crippen molar-refractivity contribution in [2.24, 2.45) is 12.8 Å². The van der Waals surface area contributed by atoms with Crippen LogP contribution >= 0.6 is 11.8 Å². The SMILES string of the molecule is Cn1c(CN)nnc1SCCCc1ccccc1. The lowest BCUT2D eigenvalue weighted by molar-refractivity contribution is 0.733. The molecule has 18 heavy (non-hydrogen) atoms. The largest absolute Gasteiger partial charge is 0.324 e. The van der Waals surface area contributed by atoms with Gasteiger partial charge in [0.25, 0.3) is 0 Å². The maximum atomic E-state index is 5.56. The highest BCUT2D eigenvalue weighted by molar-refractivity contribution is 7.99. The van der Waals surface area contributed by atoms with E-state index in [-0.39, 0.29) is 0 Å². The van der Waals surface area contributed by atoms with Gasteiger partial charge >= 0.3 is 0 Å². The zero-order chi connectivity index (χ0) is 12.8. The Morgan fingerprint density at radius 2 is 2.00 bits per heavy atom. The first kappa shape index (κ1) is 13.1. The van der Waals surface area contributed by atoms with Crippen molar-refractivity contribution in [1.29, 1.82) is 0 Å². The van der Waals surface area contributed by atoms with E-state index < -0.39 is 0 Å². The quantitative estimate of drug-likeness (QED) is 0.639. The molecule has 4 nitrogen and oxygen atoms in total. The van der Waals surface area contributed by atoms with Crippen LogP contribution in [0.2, 0.25) is 0 Å². The smallest absolute Gasteiger partial charge is 0.190 e. The van der Waals surface area contributed by atoms with Gasteiger partial charge in [0.15, 0.2) is 5.16 Å². The lowest BCUT2D eigenvalue weighted by atomic mass is 10.1. The fraction of sp³-hybridized carbons (Fsp3) is 0.385. The summed E-state index contributed by atoms with van der Waals surface area (Å²) in [4.78, 5) is 0. The molecule has 0 aliphatic carbocycles. The van der Waals surface area contributed by atoms with E-state index in [2.05, 4.69) is 34.5 Å². The third-order valence-electron chi connectivity index (χ3n) is 2.79. The van der Waals surface area contributed by atoms with Crippen LogP contribution in [0.15, 0.2) is 35.5 Å². The average Bonchev–Trinajstić information content (AvgIpc) is 2.77.